The van der Waals surface area contributed by atoms with E-state index in [0.29, 0.717) is 24.5 Å². The van der Waals surface area contributed by atoms with E-state index in [1.807, 2.05) is 55.4 Å². The van der Waals surface area contributed by atoms with Crippen molar-refractivity contribution in [1.29, 1.82) is 0 Å². The Bertz CT molecular complexity index is 1110. The smallest absolute Gasteiger partial charge is 0.319 e. The molecule has 2 aromatic carbocycles. The first-order valence-electron chi connectivity index (χ1n) is 12.4. The van der Waals surface area contributed by atoms with Crippen LogP contribution in [0.25, 0.3) is 10.9 Å². The Morgan fingerprint density at radius 3 is 2.50 bits per heavy atom. The zero-order chi connectivity index (χ0) is 23.9. The largest absolute Gasteiger partial charge is 0.362 e. The number of carbonyl (C=O) groups is 1. The molecule has 1 aliphatic carbocycles. The summed E-state index contributed by atoms with van der Waals surface area (Å²) in [6, 6.07) is 16.4. The monoisotopic (exact) mass is 460 g/mol. The van der Waals surface area contributed by atoms with E-state index in [9.17, 15) is 4.79 Å². The van der Waals surface area contributed by atoms with Crippen LogP contribution in [0.1, 0.15) is 44.6 Å². The molecule has 3 aromatic rings. The van der Waals surface area contributed by atoms with Crippen molar-refractivity contribution in [3.8, 4) is 0 Å². The number of hydrogen-bond donors (Lipinski definition) is 3. The summed E-state index contributed by atoms with van der Waals surface area (Å²) in [6.07, 6.45) is 6.24. The summed E-state index contributed by atoms with van der Waals surface area (Å²) >= 11 is 0. The Morgan fingerprint density at radius 2 is 1.74 bits per heavy atom. The van der Waals surface area contributed by atoms with E-state index in [0.717, 1.165) is 60.9 Å². The molecular weight excluding hydrogens is 424 g/mol. The minimum absolute atomic E-state index is 0.121. The van der Waals surface area contributed by atoms with Gasteiger partial charge in [-0.2, -0.15) is 4.98 Å². The Labute approximate surface area is 202 Å². The van der Waals surface area contributed by atoms with Crippen molar-refractivity contribution in [1.82, 2.24) is 15.3 Å². The van der Waals surface area contributed by atoms with Crippen LogP contribution < -0.4 is 20.9 Å². The molecule has 0 bridgehead atoms. The van der Waals surface area contributed by atoms with Gasteiger partial charge in [0.15, 0.2) is 0 Å². The highest BCUT2D eigenvalue weighted by Gasteiger charge is 2.23. The normalized spacial score (nSPS) is 17.9. The molecule has 0 unspecified atom stereocenters. The predicted octanol–water partition coefficient (Wildman–Crippen LogP) is 5.44. The number of rotatable bonds is 8. The Balaban J connectivity index is 1.27. The number of aromatic nitrogens is 2. The maximum Gasteiger partial charge on any atom is 0.319 e. The standard InChI is InChI=1S/C27H36N6O/c1-4-9-20-10-5-7-12-23(20)31-27(34)28-18-19-14-16-21(17-15-19)29-26-30-24-13-8-6-11-22(24)25(32-26)33(2)3/h5-8,10-13,19,21H,4,9,14-18H2,1-3H3,(H2,28,31,34)(H,29,30,32). The third-order valence-corrected chi connectivity index (χ3v) is 6.52. The van der Waals surface area contributed by atoms with Crippen molar-refractivity contribution < 1.29 is 4.79 Å². The molecule has 3 N–H and O–H groups in total. The third kappa shape index (κ3) is 5.95. The van der Waals surface area contributed by atoms with Gasteiger partial charge in [-0.15, -0.1) is 0 Å². The number of nitrogens with zero attached hydrogens (tertiary/aromatic N) is 3. The number of anilines is 3. The van der Waals surface area contributed by atoms with Crippen LogP contribution >= 0.6 is 0 Å². The number of aryl methyl sites for hydroxylation is 1. The van der Waals surface area contributed by atoms with E-state index in [-0.39, 0.29) is 6.03 Å². The average molecular weight is 461 g/mol. The lowest BCUT2D eigenvalue weighted by molar-refractivity contribution is 0.246. The molecule has 4 rings (SSSR count). The second-order valence-electron chi connectivity index (χ2n) is 9.39. The van der Waals surface area contributed by atoms with Gasteiger partial charge in [-0.1, -0.05) is 43.7 Å². The fraction of sp³-hybridized carbons (Fsp3) is 0.444. The number of para-hydroxylation sites is 2. The summed E-state index contributed by atoms with van der Waals surface area (Å²) < 4.78 is 0. The van der Waals surface area contributed by atoms with E-state index < -0.39 is 0 Å². The highest BCUT2D eigenvalue weighted by atomic mass is 16.2. The SMILES string of the molecule is CCCc1ccccc1NC(=O)NCC1CCC(Nc2nc(N(C)C)c3ccccc3n2)CC1. The molecule has 34 heavy (non-hydrogen) atoms. The second-order valence-corrected chi connectivity index (χ2v) is 9.39. The van der Waals surface area contributed by atoms with Gasteiger partial charge in [-0.05, 0) is 61.8 Å². The number of amides is 2. The molecular formula is C27H36N6O. The van der Waals surface area contributed by atoms with E-state index >= 15 is 0 Å². The number of nitrogens with one attached hydrogen (secondary N) is 3. The van der Waals surface area contributed by atoms with E-state index in [1.165, 1.54) is 5.56 Å². The first-order valence-corrected chi connectivity index (χ1v) is 12.4. The Kier molecular flexibility index (Phi) is 7.83. The van der Waals surface area contributed by atoms with Crippen LogP contribution in [0, 0.1) is 5.92 Å². The van der Waals surface area contributed by atoms with Crippen LogP contribution in [0.15, 0.2) is 48.5 Å². The fourth-order valence-electron chi connectivity index (χ4n) is 4.69. The summed E-state index contributed by atoms with van der Waals surface area (Å²) in [5.74, 6) is 2.11. The Morgan fingerprint density at radius 1 is 1.00 bits per heavy atom. The van der Waals surface area contributed by atoms with Gasteiger partial charge in [-0.25, -0.2) is 9.78 Å². The topological polar surface area (TPSA) is 82.2 Å². The van der Waals surface area contributed by atoms with Gasteiger partial charge in [0, 0.05) is 37.8 Å². The molecule has 0 radical (unpaired) electrons. The van der Waals surface area contributed by atoms with Gasteiger partial charge in [0.25, 0.3) is 0 Å². The molecule has 1 aliphatic rings. The van der Waals surface area contributed by atoms with Gasteiger partial charge in [0.05, 0.1) is 5.52 Å². The van der Waals surface area contributed by atoms with Crippen molar-refractivity contribution >= 4 is 34.4 Å². The molecule has 0 spiro atoms. The van der Waals surface area contributed by atoms with Crippen LogP contribution in [0.3, 0.4) is 0 Å². The van der Waals surface area contributed by atoms with Crippen LogP contribution in [-0.2, 0) is 6.42 Å². The lowest BCUT2D eigenvalue weighted by Crippen LogP contribution is -2.36. The number of carbonyl (C=O) groups excluding carboxylic acids is 1. The lowest BCUT2D eigenvalue weighted by Gasteiger charge is -2.29. The van der Waals surface area contributed by atoms with E-state index in [4.69, 9.17) is 9.97 Å². The van der Waals surface area contributed by atoms with Gasteiger partial charge in [-0.3, -0.25) is 0 Å². The second kappa shape index (κ2) is 11.2. The summed E-state index contributed by atoms with van der Waals surface area (Å²) in [4.78, 5) is 24.0. The number of fused-ring (bicyclic) bond motifs is 1. The molecule has 0 atom stereocenters. The molecule has 7 heteroatoms. The maximum atomic E-state index is 12.5. The molecule has 0 saturated heterocycles. The van der Waals surface area contributed by atoms with Crippen molar-refractivity contribution in [2.75, 3.05) is 36.2 Å². The van der Waals surface area contributed by atoms with Gasteiger partial charge < -0.3 is 20.9 Å². The lowest BCUT2D eigenvalue weighted by atomic mass is 9.86. The van der Waals surface area contributed by atoms with Crippen LogP contribution in [0.5, 0.6) is 0 Å². The minimum Gasteiger partial charge on any atom is -0.362 e. The summed E-state index contributed by atoms with van der Waals surface area (Å²) in [7, 11) is 4.02. The molecule has 1 heterocycles. The van der Waals surface area contributed by atoms with Gasteiger partial charge in [0.2, 0.25) is 5.95 Å². The molecule has 0 aliphatic heterocycles. The zero-order valence-electron chi connectivity index (χ0n) is 20.5. The molecule has 1 aromatic heterocycles. The summed E-state index contributed by atoms with van der Waals surface area (Å²) in [5, 5.41) is 10.7. The molecule has 1 saturated carbocycles. The molecule has 180 valence electrons. The number of urea groups is 1. The highest BCUT2D eigenvalue weighted by molar-refractivity contribution is 5.90. The third-order valence-electron chi connectivity index (χ3n) is 6.52. The zero-order valence-corrected chi connectivity index (χ0v) is 20.5. The van der Waals surface area contributed by atoms with Crippen LogP contribution in [0.2, 0.25) is 0 Å². The highest BCUT2D eigenvalue weighted by Crippen LogP contribution is 2.28. The minimum atomic E-state index is -0.121. The Hall–Kier alpha value is -3.35. The van der Waals surface area contributed by atoms with E-state index in [2.05, 4.69) is 35.0 Å². The van der Waals surface area contributed by atoms with Crippen molar-refractivity contribution in [2.45, 2.75) is 51.5 Å². The van der Waals surface area contributed by atoms with Crippen molar-refractivity contribution in [2.24, 2.45) is 5.92 Å². The first kappa shape index (κ1) is 23.8. The van der Waals surface area contributed by atoms with Crippen molar-refractivity contribution in [3.63, 3.8) is 0 Å². The predicted molar refractivity (Wildman–Crippen MR) is 141 cm³/mol. The molecule has 2 amide bonds. The van der Waals surface area contributed by atoms with E-state index in [1.54, 1.807) is 0 Å². The quantitative estimate of drug-likeness (QED) is 0.417. The maximum absolute atomic E-state index is 12.5. The molecule has 1 fully saturated rings. The average Bonchev–Trinajstić information content (AvgIpc) is 2.84. The molecule has 7 nitrogen and oxygen atoms in total. The van der Waals surface area contributed by atoms with Crippen molar-refractivity contribution in [3.05, 3.63) is 54.1 Å². The van der Waals surface area contributed by atoms with Gasteiger partial charge in [0.1, 0.15) is 5.82 Å². The summed E-state index contributed by atoms with van der Waals surface area (Å²) in [6.45, 7) is 2.85. The first-order chi connectivity index (χ1) is 16.5. The van der Waals surface area contributed by atoms with Gasteiger partial charge >= 0.3 is 6.03 Å². The number of hydrogen-bond acceptors (Lipinski definition) is 5. The van der Waals surface area contributed by atoms with Crippen LogP contribution in [-0.4, -0.2) is 42.7 Å². The summed E-state index contributed by atoms with van der Waals surface area (Å²) in [5.41, 5.74) is 3.04. The fourth-order valence-corrected chi connectivity index (χ4v) is 4.69. The number of benzene rings is 2. The van der Waals surface area contributed by atoms with Crippen LogP contribution in [0.4, 0.5) is 22.2 Å².